The second-order valence-electron chi connectivity index (χ2n) is 7.71. The molecule has 0 bridgehead atoms. The van der Waals surface area contributed by atoms with Gasteiger partial charge in [0, 0.05) is 51.6 Å². The summed E-state index contributed by atoms with van der Waals surface area (Å²) >= 11 is 1.53. The molecule has 3 aromatic rings. The summed E-state index contributed by atoms with van der Waals surface area (Å²) in [5, 5.41) is 3.38. The highest BCUT2D eigenvalue weighted by molar-refractivity contribution is 7.88. The molecule has 0 saturated carbocycles. The number of ether oxygens (including phenoxy) is 1. The van der Waals surface area contributed by atoms with Crippen molar-refractivity contribution in [3.63, 3.8) is 0 Å². The van der Waals surface area contributed by atoms with E-state index in [1.54, 1.807) is 23.5 Å². The molecular formula is C21H25N5O4S2. The predicted octanol–water partition coefficient (Wildman–Crippen LogP) is 2.70. The summed E-state index contributed by atoms with van der Waals surface area (Å²) in [5.74, 6) is 0.867. The van der Waals surface area contributed by atoms with Crippen LogP contribution in [-0.4, -0.2) is 68.1 Å². The number of aromatic nitrogens is 2. The van der Waals surface area contributed by atoms with E-state index in [2.05, 4.69) is 15.2 Å². The second kappa shape index (κ2) is 9.00. The van der Waals surface area contributed by atoms with E-state index in [0.717, 1.165) is 28.2 Å². The molecule has 1 N–H and O–H groups in total. The maximum atomic E-state index is 11.9. The van der Waals surface area contributed by atoms with Gasteiger partial charge in [-0.25, -0.2) is 17.7 Å². The molecule has 1 atom stereocenters. The van der Waals surface area contributed by atoms with Crippen LogP contribution in [0.3, 0.4) is 0 Å². The molecule has 0 spiro atoms. The van der Waals surface area contributed by atoms with Crippen LogP contribution in [0.25, 0.3) is 10.2 Å². The minimum Gasteiger partial charge on any atom is -0.457 e. The normalized spacial score (nSPS) is 17.3. The van der Waals surface area contributed by atoms with E-state index in [1.165, 1.54) is 23.8 Å². The van der Waals surface area contributed by atoms with Crippen LogP contribution >= 0.6 is 11.3 Å². The zero-order chi connectivity index (χ0) is 22.9. The summed E-state index contributed by atoms with van der Waals surface area (Å²) in [4.78, 5) is 22.6. The van der Waals surface area contributed by atoms with Gasteiger partial charge in [-0.3, -0.25) is 9.78 Å². The Bertz CT molecular complexity index is 1240. The van der Waals surface area contributed by atoms with Crippen molar-refractivity contribution >= 4 is 42.6 Å². The van der Waals surface area contributed by atoms with Crippen molar-refractivity contribution in [3.05, 3.63) is 42.2 Å². The van der Waals surface area contributed by atoms with Gasteiger partial charge in [-0.2, -0.15) is 0 Å². The summed E-state index contributed by atoms with van der Waals surface area (Å²) in [7, 11) is 0.311. The maximum absolute atomic E-state index is 11.9. The van der Waals surface area contributed by atoms with E-state index in [4.69, 9.17) is 9.72 Å². The molecule has 1 aliphatic heterocycles. The zero-order valence-electron chi connectivity index (χ0n) is 18.1. The third-order valence-electron chi connectivity index (χ3n) is 5.45. The zero-order valence-corrected chi connectivity index (χ0v) is 19.7. The highest BCUT2D eigenvalue weighted by Crippen LogP contribution is 2.34. The number of anilines is 1. The monoisotopic (exact) mass is 475 g/mol. The number of nitrogens with one attached hydrogen (secondary N) is 1. The van der Waals surface area contributed by atoms with Gasteiger partial charge in [-0.15, -0.1) is 0 Å². The van der Waals surface area contributed by atoms with Crippen molar-refractivity contribution in [2.24, 2.45) is 0 Å². The third-order valence-corrected chi connectivity index (χ3v) is 7.83. The first kappa shape index (κ1) is 22.4. The molecule has 170 valence electrons. The number of pyridine rings is 1. The molecule has 1 amide bonds. The Balaban J connectivity index is 1.52. The number of nitrogens with zero attached hydrogens (tertiary/aromatic N) is 4. The highest BCUT2D eigenvalue weighted by Gasteiger charge is 2.29. The Morgan fingerprint density at radius 2 is 2.06 bits per heavy atom. The van der Waals surface area contributed by atoms with Crippen molar-refractivity contribution in [2.45, 2.75) is 18.9 Å². The van der Waals surface area contributed by atoms with E-state index in [9.17, 15) is 13.2 Å². The lowest BCUT2D eigenvalue weighted by atomic mass is 10.1. The molecule has 1 aromatic carbocycles. The minimum absolute atomic E-state index is 0.0784. The molecule has 1 saturated heterocycles. The van der Waals surface area contributed by atoms with E-state index in [0.29, 0.717) is 24.6 Å². The van der Waals surface area contributed by atoms with Crippen molar-refractivity contribution in [3.8, 4) is 11.5 Å². The molecule has 9 nitrogen and oxygen atoms in total. The lowest BCUT2D eigenvalue weighted by Gasteiger charge is -2.36. The number of hydrogen-bond acceptors (Lipinski definition) is 8. The molecule has 2 aromatic heterocycles. The van der Waals surface area contributed by atoms with Crippen molar-refractivity contribution < 1.29 is 17.9 Å². The van der Waals surface area contributed by atoms with Crippen molar-refractivity contribution in [1.82, 2.24) is 19.6 Å². The van der Waals surface area contributed by atoms with Crippen LogP contribution in [0.2, 0.25) is 0 Å². The number of fused-ring (bicyclic) bond motifs is 1. The predicted molar refractivity (Wildman–Crippen MR) is 125 cm³/mol. The molecule has 3 heterocycles. The SMILES string of the molecule is CNC(=O)c1cc(Oc2ccc3nc(N(C)C4CCCN(S(C)(=O)=O)C4)sc3c2)ccn1. The molecule has 1 fully saturated rings. The summed E-state index contributed by atoms with van der Waals surface area (Å²) in [6.07, 6.45) is 4.54. The number of carbonyl (C=O) groups is 1. The number of amides is 1. The summed E-state index contributed by atoms with van der Waals surface area (Å²) < 4.78 is 32.3. The van der Waals surface area contributed by atoms with E-state index in [-0.39, 0.29) is 17.6 Å². The smallest absolute Gasteiger partial charge is 0.269 e. The first-order valence-corrected chi connectivity index (χ1v) is 12.9. The number of hydrogen-bond donors (Lipinski definition) is 1. The molecule has 32 heavy (non-hydrogen) atoms. The quantitative estimate of drug-likeness (QED) is 0.584. The van der Waals surface area contributed by atoms with Crippen LogP contribution in [-0.2, 0) is 10.0 Å². The van der Waals surface area contributed by atoms with Crippen LogP contribution < -0.4 is 15.0 Å². The van der Waals surface area contributed by atoms with Crippen LogP contribution in [0.5, 0.6) is 11.5 Å². The Morgan fingerprint density at radius 1 is 1.28 bits per heavy atom. The molecule has 0 radical (unpaired) electrons. The largest absolute Gasteiger partial charge is 0.457 e. The maximum Gasteiger partial charge on any atom is 0.269 e. The number of piperidine rings is 1. The summed E-state index contributed by atoms with van der Waals surface area (Å²) in [6, 6.07) is 8.99. The molecule has 1 unspecified atom stereocenters. The molecule has 1 aliphatic rings. The Labute approximate surface area is 191 Å². The fourth-order valence-electron chi connectivity index (χ4n) is 3.66. The first-order valence-electron chi connectivity index (χ1n) is 10.2. The van der Waals surface area contributed by atoms with E-state index in [1.807, 2.05) is 25.2 Å². The number of benzene rings is 1. The van der Waals surface area contributed by atoms with Crippen molar-refractivity contribution in [2.75, 3.05) is 38.3 Å². The Hall–Kier alpha value is -2.76. The number of carbonyl (C=O) groups excluding carboxylic acids is 1. The molecular weight excluding hydrogens is 450 g/mol. The molecule has 4 rings (SSSR count). The first-order chi connectivity index (χ1) is 15.2. The Kier molecular flexibility index (Phi) is 6.31. The van der Waals surface area contributed by atoms with Gasteiger partial charge in [-0.1, -0.05) is 11.3 Å². The summed E-state index contributed by atoms with van der Waals surface area (Å²) in [5.41, 5.74) is 1.13. The second-order valence-corrected chi connectivity index (χ2v) is 10.7. The average Bonchev–Trinajstić information content (AvgIpc) is 3.21. The lowest BCUT2D eigenvalue weighted by molar-refractivity contribution is 0.0958. The lowest BCUT2D eigenvalue weighted by Crippen LogP contribution is -2.48. The number of sulfonamides is 1. The van der Waals surface area contributed by atoms with E-state index < -0.39 is 10.0 Å². The van der Waals surface area contributed by atoms with Gasteiger partial charge in [-0.05, 0) is 31.0 Å². The topological polar surface area (TPSA) is 105 Å². The number of thiazole rings is 1. The van der Waals surface area contributed by atoms with Gasteiger partial charge in [0.2, 0.25) is 10.0 Å². The van der Waals surface area contributed by atoms with E-state index >= 15 is 0 Å². The van der Waals surface area contributed by atoms with Crippen LogP contribution in [0.1, 0.15) is 23.3 Å². The van der Waals surface area contributed by atoms with Crippen LogP contribution in [0, 0.1) is 0 Å². The number of rotatable bonds is 6. The van der Waals surface area contributed by atoms with Gasteiger partial charge in [0.25, 0.3) is 5.91 Å². The van der Waals surface area contributed by atoms with Gasteiger partial charge in [0.1, 0.15) is 17.2 Å². The highest BCUT2D eigenvalue weighted by atomic mass is 32.2. The average molecular weight is 476 g/mol. The van der Waals surface area contributed by atoms with Crippen LogP contribution in [0.15, 0.2) is 36.5 Å². The van der Waals surface area contributed by atoms with Crippen molar-refractivity contribution in [1.29, 1.82) is 0 Å². The Morgan fingerprint density at radius 3 is 2.81 bits per heavy atom. The fourth-order valence-corrected chi connectivity index (χ4v) is 5.60. The fraction of sp³-hybridized carbons (Fsp3) is 0.381. The standard InChI is InChI=1S/C21H25N5O4S2/c1-22-20(27)18-11-16(8-9-23-18)30-15-6-7-17-19(12-15)31-21(24-17)25(2)14-5-4-10-26(13-14)32(3,28)29/h6-9,11-12,14H,4-5,10,13H2,1-3H3,(H,22,27). The third kappa shape index (κ3) is 4.84. The minimum atomic E-state index is -3.20. The summed E-state index contributed by atoms with van der Waals surface area (Å²) in [6.45, 7) is 1.04. The number of likely N-dealkylation sites (N-methyl/N-ethyl adjacent to an activating group) is 1. The van der Waals surface area contributed by atoms with Gasteiger partial charge in [0.05, 0.1) is 16.5 Å². The van der Waals surface area contributed by atoms with Gasteiger partial charge in [0.15, 0.2) is 5.13 Å². The van der Waals surface area contributed by atoms with Gasteiger partial charge < -0.3 is 15.0 Å². The molecule has 11 heteroatoms. The van der Waals surface area contributed by atoms with Gasteiger partial charge >= 0.3 is 0 Å². The molecule has 0 aliphatic carbocycles. The van der Waals surface area contributed by atoms with Crippen LogP contribution in [0.4, 0.5) is 5.13 Å².